The molecule has 0 aromatic carbocycles. The van der Waals surface area contributed by atoms with Crippen molar-refractivity contribution in [3.05, 3.63) is 15.5 Å². The Labute approximate surface area is 112 Å². The maximum Gasteiger partial charge on any atom is 0.183 e. The van der Waals surface area contributed by atoms with Crippen molar-refractivity contribution in [1.82, 2.24) is 14.8 Å². The van der Waals surface area contributed by atoms with Crippen LogP contribution in [-0.2, 0) is 6.54 Å². The van der Waals surface area contributed by atoms with E-state index in [-0.39, 0.29) is 0 Å². The van der Waals surface area contributed by atoms with E-state index in [4.69, 9.17) is 11.6 Å². The Morgan fingerprint density at radius 3 is 2.41 bits per heavy atom. The minimum Gasteiger partial charge on any atom is -0.296 e. The molecule has 1 aromatic heterocycles. The number of hydrogen-bond donors (Lipinski definition) is 0. The predicted molar refractivity (Wildman–Crippen MR) is 73.7 cm³/mol. The van der Waals surface area contributed by atoms with Gasteiger partial charge in [-0.25, -0.2) is 4.98 Å². The fourth-order valence-electron chi connectivity index (χ4n) is 2.15. The van der Waals surface area contributed by atoms with Gasteiger partial charge in [0.05, 0.1) is 0 Å². The fourth-order valence-corrected chi connectivity index (χ4v) is 3.17. The molecule has 1 aliphatic rings. The molecular weight excluding hydrogens is 254 g/mol. The molecule has 2 rings (SSSR count). The van der Waals surface area contributed by atoms with Crippen LogP contribution in [0.25, 0.3) is 0 Å². The lowest BCUT2D eigenvalue weighted by Crippen LogP contribution is -2.53. The number of thiazole rings is 1. The molecule has 2 heterocycles. The van der Waals surface area contributed by atoms with Crippen molar-refractivity contribution in [3.63, 3.8) is 0 Å². The first-order valence-electron chi connectivity index (χ1n) is 6.03. The zero-order valence-electron chi connectivity index (χ0n) is 10.7. The fraction of sp³-hybridized carbons (Fsp3) is 0.750. The van der Waals surface area contributed by atoms with Crippen LogP contribution in [0.4, 0.5) is 0 Å². The van der Waals surface area contributed by atoms with E-state index in [9.17, 15) is 0 Å². The van der Waals surface area contributed by atoms with Crippen molar-refractivity contribution < 1.29 is 0 Å². The van der Waals surface area contributed by atoms with Crippen molar-refractivity contribution in [1.29, 1.82) is 0 Å². The largest absolute Gasteiger partial charge is 0.296 e. The Morgan fingerprint density at radius 1 is 1.29 bits per heavy atom. The summed E-state index contributed by atoms with van der Waals surface area (Å²) in [5, 5.41) is 0. The van der Waals surface area contributed by atoms with Crippen LogP contribution in [0.3, 0.4) is 0 Å². The predicted octanol–water partition coefficient (Wildman–Crippen LogP) is 2.71. The summed E-state index contributed by atoms with van der Waals surface area (Å²) in [4.78, 5) is 10.4. The molecule has 0 saturated carbocycles. The first kappa shape index (κ1) is 13.3. The molecule has 5 heteroatoms. The van der Waals surface area contributed by atoms with Crippen molar-refractivity contribution in [3.8, 4) is 0 Å². The molecule has 0 bridgehead atoms. The van der Waals surface area contributed by atoms with Gasteiger partial charge in [0.25, 0.3) is 0 Å². The highest BCUT2D eigenvalue weighted by atomic mass is 35.5. The molecule has 1 saturated heterocycles. The summed E-state index contributed by atoms with van der Waals surface area (Å²) in [6.45, 7) is 12.4. The second-order valence-electron chi connectivity index (χ2n) is 5.51. The first-order chi connectivity index (χ1) is 7.95. The zero-order chi connectivity index (χ0) is 12.5. The first-order valence-corrected chi connectivity index (χ1v) is 7.22. The smallest absolute Gasteiger partial charge is 0.183 e. The quantitative estimate of drug-likeness (QED) is 0.826. The van der Waals surface area contributed by atoms with Crippen LogP contribution >= 0.6 is 22.9 Å². The molecule has 0 radical (unpaired) electrons. The Hall–Kier alpha value is -0.160. The van der Waals surface area contributed by atoms with Gasteiger partial charge in [-0.1, -0.05) is 11.6 Å². The molecule has 1 fully saturated rings. The molecular formula is C12H20ClN3S. The van der Waals surface area contributed by atoms with E-state index in [0.717, 1.165) is 32.7 Å². The van der Waals surface area contributed by atoms with E-state index in [0.29, 0.717) is 10.0 Å². The molecule has 0 amide bonds. The summed E-state index contributed by atoms with van der Waals surface area (Å²) in [6, 6.07) is 0. The van der Waals surface area contributed by atoms with Crippen LogP contribution < -0.4 is 0 Å². The van der Waals surface area contributed by atoms with E-state index in [1.165, 1.54) is 4.88 Å². The average molecular weight is 274 g/mol. The maximum atomic E-state index is 5.84. The lowest BCUT2D eigenvalue weighted by atomic mass is 10.1. The van der Waals surface area contributed by atoms with Crippen LogP contribution in [0.5, 0.6) is 0 Å². The highest BCUT2D eigenvalue weighted by molar-refractivity contribution is 7.15. The summed E-state index contributed by atoms with van der Waals surface area (Å²) >= 11 is 7.43. The van der Waals surface area contributed by atoms with Crippen molar-refractivity contribution in [2.75, 3.05) is 26.2 Å². The van der Waals surface area contributed by atoms with Crippen molar-refractivity contribution in [2.45, 2.75) is 32.9 Å². The molecule has 1 aromatic rings. The number of hydrogen-bond acceptors (Lipinski definition) is 4. The second-order valence-corrected chi connectivity index (χ2v) is 7.21. The van der Waals surface area contributed by atoms with Gasteiger partial charge in [-0.2, -0.15) is 0 Å². The Bertz CT molecular complexity index is 364. The number of aromatic nitrogens is 1. The SMILES string of the molecule is CC(C)(C)N1CCN(Cc2cnc(Cl)s2)CC1. The maximum absolute atomic E-state index is 5.84. The summed E-state index contributed by atoms with van der Waals surface area (Å²) < 4.78 is 0.647. The Balaban J connectivity index is 1.83. The van der Waals surface area contributed by atoms with Crippen LogP contribution in [0.15, 0.2) is 6.20 Å². The molecule has 0 atom stereocenters. The summed E-state index contributed by atoms with van der Waals surface area (Å²) in [5.74, 6) is 0. The van der Waals surface area contributed by atoms with Gasteiger partial charge < -0.3 is 0 Å². The van der Waals surface area contributed by atoms with Crippen LogP contribution in [0.1, 0.15) is 25.6 Å². The number of piperazine rings is 1. The highest BCUT2D eigenvalue weighted by Crippen LogP contribution is 2.21. The molecule has 0 unspecified atom stereocenters. The normalized spacial score (nSPS) is 19.8. The molecule has 17 heavy (non-hydrogen) atoms. The molecule has 3 nitrogen and oxygen atoms in total. The van der Waals surface area contributed by atoms with Gasteiger partial charge >= 0.3 is 0 Å². The monoisotopic (exact) mass is 273 g/mol. The minimum absolute atomic E-state index is 0.292. The summed E-state index contributed by atoms with van der Waals surface area (Å²) in [6.07, 6.45) is 1.89. The summed E-state index contributed by atoms with van der Waals surface area (Å²) in [5.41, 5.74) is 0.292. The zero-order valence-corrected chi connectivity index (χ0v) is 12.3. The van der Waals surface area contributed by atoms with Crippen LogP contribution in [0, 0.1) is 0 Å². The Kier molecular flexibility index (Phi) is 4.08. The van der Waals surface area contributed by atoms with Gasteiger partial charge in [0.1, 0.15) is 0 Å². The van der Waals surface area contributed by atoms with Gasteiger partial charge in [-0.05, 0) is 20.8 Å². The van der Waals surface area contributed by atoms with Crippen molar-refractivity contribution >= 4 is 22.9 Å². The van der Waals surface area contributed by atoms with Gasteiger partial charge in [0.2, 0.25) is 0 Å². The third kappa shape index (κ3) is 3.65. The lowest BCUT2D eigenvalue weighted by molar-refractivity contribution is 0.0595. The van der Waals surface area contributed by atoms with Gasteiger partial charge in [-0.15, -0.1) is 11.3 Å². The topological polar surface area (TPSA) is 19.4 Å². The van der Waals surface area contributed by atoms with Gasteiger partial charge in [0.15, 0.2) is 4.47 Å². The average Bonchev–Trinajstić information content (AvgIpc) is 2.63. The standard InChI is InChI=1S/C12H20ClN3S/c1-12(2,3)16-6-4-15(5-7-16)9-10-8-14-11(13)17-10/h8H,4-7,9H2,1-3H3. The van der Waals surface area contributed by atoms with Crippen LogP contribution in [-0.4, -0.2) is 46.5 Å². The Morgan fingerprint density at radius 2 is 1.94 bits per heavy atom. The van der Waals surface area contributed by atoms with Crippen LogP contribution in [0.2, 0.25) is 4.47 Å². The van der Waals surface area contributed by atoms with E-state index >= 15 is 0 Å². The van der Waals surface area contributed by atoms with Gasteiger partial charge in [-0.3, -0.25) is 9.80 Å². The van der Waals surface area contributed by atoms with E-state index in [1.807, 2.05) is 6.20 Å². The minimum atomic E-state index is 0.292. The number of rotatable bonds is 2. The number of halogens is 1. The third-order valence-corrected chi connectivity index (χ3v) is 4.33. The summed E-state index contributed by atoms with van der Waals surface area (Å²) in [7, 11) is 0. The lowest BCUT2D eigenvalue weighted by Gasteiger charge is -2.42. The molecule has 1 aliphatic heterocycles. The third-order valence-electron chi connectivity index (χ3n) is 3.23. The van der Waals surface area contributed by atoms with E-state index in [2.05, 4.69) is 35.6 Å². The number of nitrogens with zero attached hydrogens (tertiary/aromatic N) is 3. The molecule has 0 aliphatic carbocycles. The molecule has 0 N–H and O–H groups in total. The second kappa shape index (κ2) is 5.22. The van der Waals surface area contributed by atoms with Crippen molar-refractivity contribution in [2.24, 2.45) is 0 Å². The van der Waals surface area contributed by atoms with E-state index < -0.39 is 0 Å². The van der Waals surface area contributed by atoms with E-state index in [1.54, 1.807) is 11.3 Å². The highest BCUT2D eigenvalue weighted by Gasteiger charge is 2.25. The molecule has 96 valence electrons. The molecule has 0 spiro atoms. The van der Waals surface area contributed by atoms with Gasteiger partial charge in [0, 0.05) is 49.3 Å².